The zero-order valence-electron chi connectivity index (χ0n) is 21.5. The van der Waals surface area contributed by atoms with Gasteiger partial charge in [-0.3, -0.25) is 14.5 Å². The number of carbonyl (C=O) groups is 2. The van der Waals surface area contributed by atoms with Crippen molar-refractivity contribution < 1.29 is 37.0 Å². The van der Waals surface area contributed by atoms with E-state index in [1.165, 1.54) is 25.5 Å². The lowest BCUT2D eigenvalue weighted by Crippen LogP contribution is -2.44. The number of benzene rings is 2. The first-order chi connectivity index (χ1) is 18.7. The third-order valence-electron chi connectivity index (χ3n) is 7.06. The molecule has 1 atom stereocenters. The first-order valence-electron chi connectivity index (χ1n) is 12.9. The summed E-state index contributed by atoms with van der Waals surface area (Å²) in [6.07, 6.45) is -0.255. The Kier molecular flexibility index (Phi) is 7.69. The van der Waals surface area contributed by atoms with Crippen molar-refractivity contribution in [2.75, 3.05) is 44.8 Å². The molecule has 1 N–H and O–H groups in total. The molecule has 1 aliphatic carbocycles. The fourth-order valence-electron chi connectivity index (χ4n) is 4.79. The molecule has 39 heavy (non-hydrogen) atoms. The van der Waals surface area contributed by atoms with Crippen molar-refractivity contribution in [1.82, 2.24) is 10.2 Å². The number of ether oxygens (including phenoxy) is 3. The largest absolute Gasteiger partial charge is 0.493 e. The van der Waals surface area contributed by atoms with Gasteiger partial charge in [0.15, 0.2) is 17.3 Å². The topological polar surface area (TPSA) is 80.3 Å². The summed E-state index contributed by atoms with van der Waals surface area (Å²) in [4.78, 5) is 27.7. The van der Waals surface area contributed by atoms with Crippen molar-refractivity contribution in [3.8, 4) is 17.2 Å². The van der Waals surface area contributed by atoms with E-state index >= 15 is 0 Å². The number of likely N-dealkylation sites (tertiary alicyclic amines) is 1. The molecule has 1 saturated carbocycles. The minimum Gasteiger partial charge on any atom is -0.493 e. The van der Waals surface area contributed by atoms with Gasteiger partial charge >= 0.3 is 12.1 Å². The van der Waals surface area contributed by atoms with Gasteiger partial charge in [-0.15, -0.1) is 0 Å². The van der Waals surface area contributed by atoms with Gasteiger partial charge < -0.3 is 24.4 Å². The van der Waals surface area contributed by atoms with Crippen LogP contribution in [0, 0.1) is 0 Å². The number of carbonyl (C=O) groups excluding carboxylic acids is 2. The second-order valence-electron chi connectivity index (χ2n) is 9.87. The quantitative estimate of drug-likeness (QED) is 0.486. The van der Waals surface area contributed by atoms with Gasteiger partial charge in [0, 0.05) is 44.0 Å². The molecule has 0 spiro atoms. The lowest BCUT2D eigenvalue weighted by Gasteiger charge is -2.20. The highest BCUT2D eigenvalue weighted by molar-refractivity contribution is 6.07. The van der Waals surface area contributed by atoms with Gasteiger partial charge in [-0.05, 0) is 61.1 Å². The predicted octanol–water partition coefficient (Wildman–Crippen LogP) is 4.01. The number of hydrogen-bond acceptors (Lipinski definition) is 6. The fourth-order valence-corrected chi connectivity index (χ4v) is 4.79. The molecule has 2 aliphatic heterocycles. The average Bonchev–Trinajstić information content (AvgIpc) is 3.58. The molecule has 3 aliphatic rings. The number of amides is 2. The summed E-state index contributed by atoms with van der Waals surface area (Å²) in [6.45, 7) is 1.98. The highest BCUT2D eigenvalue weighted by Crippen LogP contribution is 2.40. The summed E-state index contributed by atoms with van der Waals surface area (Å²) in [7, 11) is 1.50. The second-order valence-corrected chi connectivity index (χ2v) is 9.87. The number of methoxy groups -OCH3 is 1. The van der Waals surface area contributed by atoms with Crippen LogP contribution in [0.3, 0.4) is 0 Å². The van der Waals surface area contributed by atoms with Gasteiger partial charge in [0.05, 0.1) is 7.11 Å². The SMILES string of the molecule is COc1cc(N2CC=C(Oc3ccc(C4CC4)cc3)C2=O)ccc1OCCN1CC[C@@H](NC(=O)C(F)(F)F)C1. The van der Waals surface area contributed by atoms with Crippen molar-refractivity contribution >= 4 is 17.5 Å². The molecule has 8 nitrogen and oxygen atoms in total. The molecule has 2 fully saturated rings. The van der Waals surface area contributed by atoms with Gasteiger partial charge in [-0.1, -0.05) is 12.1 Å². The van der Waals surface area contributed by atoms with Crippen LogP contribution >= 0.6 is 0 Å². The Labute approximate surface area is 224 Å². The summed E-state index contributed by atoms with van der Waals surface area (Å²) in [5, 5.41) is 2.02. The van der Waals surface area contributed by atoms with Crippen LogP contribution in [0.2, 0.25) is 0 Å². The van der Waals surface area contributed by atoms with Crippen LogP contribution < -0.4 is 24.4 Å². The number of anilines is 1. The lowest BCUT2D eigenvalue weighted by molar-refractivity contribution is -0.174. The monoisotopic (exact) mass is 545 g/mol. The van der Waals surface area contributed by atoms with Gasteiger partial charge in [0.25, 0.3) is 5.91 Å². The Morgan fingerprint density at radius 1 is 1.08 bits per heavy atom. The number of alkyl halides is 3. The van der Waals surface area contributed by atoms with Crippen LogP contribution in [0.4, 0.5) is 18.9 Å². The van der Waals surface area contributed by atoms with E-state index in [9.17, 15) is 22.8 Å². The molecule has 2 aromatic rings. The van der Waals surface area contributed by atoms with E-state index in [4.69, 9.17) is 14.2 Å². The molecule has 5 rings (SSSR count). The van der Waals surface area contributed by atoms with E-state index in [1.807, 2.05) is 34.5 Å². The molecule has 2 amide bonds. The minimum atomic E-state index is -4.88. The fraction of sp³-hybridized carbons (Fsp3) is 0.429. The number of nitrogens with one attached hydrogen (secondary N) is 1. The summed E-state index contributed by atoms with van der Waals surface area (Å²) < 4.78 is 54.6. The molecule has 208 valence electrons. The molecule has 0 aromatic heterocycles. The molecular weight excluding hydrogens is 515 g/mol. The summed E-state index contributed by atoms with van der Waals surface area (Å²) in [6, 6.07) is 12.5. The lowest BCUT2D eigenvalue weighted by atomic mass is 10.1. The Hall–Kier alpha value is -3.73. The standard InChI is InChI=1S/C28H30F3N3O5/c1-37-25-16-21(34-13-11-24(26(34)35)39-22-7-4-19(5-8-22)18-2-3-18)6-9-23(25)38-15-14-33-12-10-20(17-33)32-27(36)28(29,30)31/h4-9,11,16,18,20H,2-3,10,12-15,17H2,1H3,(H,32,36)/t20-/m1/s1. The Morgan fingerprint density at radius 3 is 2.54 bits per heavy atom. The minimum absolute atomic E-state index is 0.252. The van der Waals surface area contributed by atoms with Crippen LogP contribution in [0.15, 0.2) is 54.3 Å². The van der Waals surface area contributed by atoms with Crippen LogP contribution in [0.1, 0.15) is 30.7 Å². The Morgan fingerprint density at radius 2 is 1.85 bits per heavy atom. The van der Waals surface area contributed by atoms with Gasteiger partial charge in [0.2, 0.25) is 0 Å². The van der Waals surface area contributed by atoms with Gasteiger partial charge in [-0.2, -0.15) is 13.2 Å². The Balaban J connectivity index is 1.11. The van der Waals surface area contributed by atoms with E-state index in [0.29, 0.717) is 61.5 Å². The molecule has 2 heterocycles. The molecule has 0 bridgehead atoms. The predicted molar refractivity (Wildman–Crippen MR) is 137 cm³/mol. The van der Waals surface area contributed by atoms with E-state index in [2.05, 4.69) is 0 Å². The van der Waals surface area contributed by atoms with Crippen molar-refractivity contribution in [3.05, 3.63) is 59.9 Å². The van der Waals surface area contributed by atoms with Crippen LogP contribution in [-0.4, -0.2) is 68.8 Å². The number of halogens is 3. The summed E-state index contributed by atoms with van der Waals surface area (Å²) in [5.41, 5.74) is 1.93. The first kappa shape index (κ1) is 26.9. The normalized spacial score (nSPS) is 19.7. The maximum atomic E-state index is 13.0. The van der Waals surface area contributed by atoms with Gasteiger partial charge in [0.1, 0.15) is 12.4 Å². The highest BCUT2D eigenvalue weighted by atomic mass is 19.4. The average molecular weight is 546 g/mol. The molecule has 0 unspecified atom stereocenters. The Bertz CT molecular complexity index is 1240. The highest BCUT2D eigenvalue weighted by Gasteiger charge is 2.40. The van der Waals surface area contributed by atoms with E-state index < -0.39 is 18.1 Å². The zero-order chi connectivity index (χ0) is 27.6. The third kappa shape index (κ3) is 6.47. The number of hydrogen-bond donors (Lipinski definition) is 1. The van der Waals surface area contributed by atoms with Crippen LogP contribution in [-0.2, 0) is 9.59 Å². The first-order valence-corrected chi connectivity index (χ1v) is 12.9. The van der Waals surface area contributed by atoms with Crippen LogP contribution in [0.5, 0.6) is 17.2 Å². The molecule has 1 saturated heterocycles. The molecule has 11 heteroatoms. The molecule has 2 aromatic carbocycles. The molecular formula is C28H30F3N3O5. The number of rotatable bonds is 10. The van der Waals surface area contributed by atoms with Crippen molar-refractivity contribution in [3.63, 3.8) is 0 Å². The van der Waals surface area contributed by atoms with Crippen molar-refractivity contribution in [2.45, 2.75) is 37.4 Å². The number of nitrogens with zero attached hydrogens (tertiary/aromatic N) is 2. The maximum Gasteiger partial charge on any atom is 0.471 e. The van der Waals surface area contributed by atoms with E-state index in [1.54, 1.807) is 29.2 Å². The van der Waals surface area contributed by atoms with Gasteiger partial charge in [-0.25, -0.2) is 0 Å². The molecule has 0 radical (unpaired) electrons. The van der Waals surface area contributed by atoms with E-state index in [-0.39, 0.29) is 18.3 Å². The summed E-state index contributed by atoms with van der Waals surface area (Å²) >= 11 is 0. The maximum absolute atomic E-state index is 13.0. The van der Waals surface area contributed by atoms with E-state index in [0.717, 1.165) is 0 Å². The second kappa shape index (κ2) is 11.2. The summed E-state index contributed by atoms with van der Waals surface area (Å²) in [5.74, 6) is 0.299. The van der Waals surface area contributed by atoms with Crippen molar-refractivity contribution in [1.29, 1.82) is 0 Å². The smallest absolute Gasteiger partial charge is 0.471 e. The van der Waals surface area contributed by atoms with Crippen molar-refractivity contribution in [2.24, 2.45) is 0 Å². The van der Waals surface area contributed by atoms with Crippen LogP contribution in [0.25, 0.3) is 0 Å². The third-order valence-corrected chi connectivity index (χ3v) is 7.06. The zero-order valence-corrected chi connectivity index (χ0v) is 21.5.